The highest BCUT2D eigenvalue weighted by Gasteiger charge is 2.51. The summed E-state index contributed by atoms with van der Waals surface area (Å²) >= 11 is 0. The van der Waals surface area contributed by atoms with Gasteiger partial charge < -0.3 is 14.8 Å². The summed E-state index contributed by atoms with van der Waals surface area (Å²) in [5.41, 5.74) is -0.559. The third kappa shape index (κ3) is 2.95. The number of hydrogen-bond donors (Lipinski definition) is 1. The number of ether oxygens (including phenoxy) is 2. The minimum absolute atomic E-state index is 0.187. The molecule has 8 heteroatoms. The maximum Gasteiger partial charge on any atom is 0.347 e. The van der Waals surface area contributed by atoms with E-state index in [9.17, 15) is 19.2 Å². The number of nitrogens with zero attached hydrogens (tertiary/aromatic N) is 1. The molecule has 2 heterocycles. The molecule has 2 fully saturated rings. The molecule has 2 atom stereocenters. The Hall–Kier alpha value is -2.90. The van der Waals surface area contributed by atoms with Crippen molar-refractivity contribution in [1.29, 1.82) is 0 Å². The van der Waals surface area contributed by atoms with Crippen LogP contribution in [0.1, 0.15) is 25.3 Å². The predicted octanol–water partition coefficient (Wildman–Crippen LogP) is 0.702. The number of imide groups is 1. The van der Waals surface area contributed by atoms with Crippen LogP contribution in [-0.2, 0) is 29.4 Å². The van der Waals surface area contributed by atoms with E-state index in [1.54, 1.807) is 31.2 Å². The van der Waals surface area contributed by atoms with E-state index in [4.69, 9.17) is 9.47 Å². The summed E-state index contributed by atoms with van der Waals surface area (Å²) in [4.78, 5) is 49.3. The molecule has 2 aliphatic rings. The molecular weight excluding hydrogens is 328 g/mol. The summed E-state index contributed by atoms with van der Waals surface area (Å²) in [5.74, 6) is -1.96. The first kappa shape index (κ1) is 16.9. The molecule has 0 radical (unpaired) electrons. The van der Waals surface area contributed by atoms with Gasteiger partial charge in [0.05, 0.1) is 6.61 Å². The largest absolute Gasteiger partial charge is 0.463 e. The number of carbonyl (C=O) groups excluding carboxylic acids is 4. The number of esters is 2. The van der Waals surface area contributed by atoms with Crippen LogP contribution in [0.2, 0.25) is 0 Å². The van der Waals surface area contributed by atoms with Crippen molar-refractivity contribution in [3.05, 3.63) is 35.9 Å². The number of benzene rings is 1. The highest BCUT2D eigenvalue weighted by Crippen LogP contribution is 2.32. The molecule has 0 aliphatic carbocycles. The van der Waals surface area contributed by atoms with Crippen molar-refractivity contribution >= 4 is 23.9 Å². The van der Waals surface area contributed by atoms with Crippen LogP contribution in [0.25, 0.3) is 0 Å². The topological polar surface area (TPSA) is 102 Å². The lowest BCUT2D eigenvalue weighted by Crippen LogP contribution is -2.44. The molecule has 1 aromatic carbocycles. The quantitative estimate of drug-likeness (QED) is 0.622. The Balaban J connectivity index is 1.75. The van der Waals surface area contributed by atoms with Crippen molar-refractivity contribution in [3.8, 4) is 0 Å². The molecule has 3 amide bonds. The second-order valence-electron chi connectivity index (χ2n) is 5.88. The van der Waals surface area contributed by atoms with Gasteiger partial charge in [-0.25, -0.2) is 9.59 Å². The van der Waals surface area contributed by atoms with Gasteiger partial charge in [0.2, 0.25) is 6.10 Å². The van der Waals surface area contributed by atoms with E-state index in [0.717, 1.165) is 4.90 Å². The predicted molar refractivity (Wildman–Crippen MR) is 84.1 cm³/mol. The number of hydrogen-bond acceptors (Lipinski definition) is 6. The fraction of sp³-hybridized carbons (Fsp3) is 0.412. The molecule has 2 aliphatic heterocycles. The first-order valence-corrected chi connectivity index (χ1v) is 8.03. The van der Waals surface area contributed by atoms with Crippen LogP contribution < -0.4 is 5.32 Å². The van der Waals surface area contributed by atoms with Gasteiger partial charge in [0.25, 0.3) is 5.91 Å². The first-order chi connectivity index (χ1) is 12.0. The van der Waals surface area contributed by atoms with E-state index >= 15 is 0 Å². The Labute approximate surface area is 144 Å². The molecule has 25 heavy (non-hydrogen) atoms. The van der Waals surface area contributed by atoms with E-state index in [0.29, 0.717) is 12.0 Å². The van der Waals surface area contributed by atoms with Gasteiger partial charge in [-0.1, -0.05) is 37.3 Å². The number of nitrogens with one attached hydrogen (secondary N) is 1. The standard InChI is InChI=1S/C17H18N2O6/c1-2-17(11-6-4-3-5-7-11)15(22)19(16(23)18-17)10-13(20)25-12-8-9-24-14(12)21/h3-7,12H,2,8-10H2,1H3,(H,18,23). The summed E-state index contributed by atoms with van der Waals surface area (Å²) in [6.07, 6.45) is -0.367. The molecule has 0 saturated carbocycles. The van der Waals surface area contributed by atoms with Gasteiger partial charge >= 0.3 is 18.0 Å². The molecule has 2 unspecified atom stereocenters. The van der Waals surface area contributed by atoms with E-state index in [1.165, 1.54) is 0 Å². The third-order valence-electron chi connectivity index (χ3n) is 4.42. The molecule has 3 rings (SSSR count). The summed E-state index contributed by atoms with van der Waals surface area (Å²) in [5, 5.41) is 2.68. The number of cyclic esters (lactones) is 1. The zero-order valence-electron chi connectivity index (χ0n) is 13.7. The van der Waals surface area contributed by atoms with Crippen LogP contribution in [0.3, 0.4) is 0 Å². The van der Waals surface area contributed by atoms with Crippen LogP contribution in [0.15, 0.2) is 30.3 Å². The van der Waals surface area contributed by atoms with Gasteiger partial charge in [-0.2, -0.15) is 0 Å². The van der Waals surface area contributed by atoms with E-state index in [-0.39, 0.29) is 13.0 Å². The van der Waals surface area contributed by atoms with Gasteiger partial charge in [-0.15, -0.1) is 0 Å². The van der Waals surface area contributed by atoms with Gasteiger partial charge in [0.15, 0.2) is 0 Å². The van der Waals surface area contributed by atoms with Crippen LogP contribution in [-0.4, -0.2) is 48.0 Å². The molecule has 0 aromatic heterocycles. The van der Waals surface area contributed by atoms with Crippen LogP contribution >= 0.6 is 0 Å². The maximum absolute atomic E-state index is 12.8. The Morgan fingerprint density at radius 1 is 1.32 bits per heavy atom. The maximum atomic E-state index is 12.8. The smallest absolute Gasteiger partial charge is 0.347 e. The van der Waals surface area contributed by atoms with Gasteiger partial charge in [-0.3, -0.25) is 14.5 Å². The van der Waals surface area contributed by atoms with Crippen molar-refractivity contribution in [1.82, 2.24) is 10.2 Å². The van der Waals surface area contributed by atoms with Gasteiger partial charge in [0.1, 0.15) is 12.1 Å². The van der Waals surface area contributed by atoms with E-state index in [1.807, 2.05) is 6.07 Å². The van der Waals surface area contributed by atoms with Crippen molar-refractivity contribution in [2.24, 2.45) is 0 Å². The average Bonchev–Trinajstić information content (AvgIpc) is 3.12. The monoisotopic (exact) mass is 346 g/mol. The molecule has 1 N–H and O–H groups in total. The summed E-state index contributed by atoms with van der Waals surface area (Å²) in [6.45, 7) is 1.41. The van der Waals surface area contributed by atoms with E-state index < -0.39 is 42.1 Å². The Morgan fingerprint density at radius 3 is 2.64 bits per heavy atom. The molecule has 1 aromatic rings. The number of urea groups is 1. The SMILES string of the molecule is CCC1(c2ccccc2)NC(=O)N(CC(=O)OC2CCOC2=O)C1=O. The lowest BCUT2D eigenvalue weighted by atomic mass is 9.87. The summed E-state index contributed by atoms with van der Waals surface area (Å²) < 4.78 is 9.71. The summed E-state index contributed by atoms with van der Waals surface area (Å²) in [6, 6.07) is 8.19. The van der Waals surface area contributed by atoms with Crippen LogP contribution in [0, 0.1) is 0 Å². The Kier molecular flexibility index (Phi) is 4.43. The van der Waals surface area contributed by atoms with Gasteiger partial charge in [0, 0.05) is 6.42 Å². The zero-order valence-corrected chi connectivity index (χ0v) is 13.7. The van der Waals surface area contributed by atoms with Crippen molar-refractivity contribution in [2.45, 2.75) is 31.4 Å². The fourth-order valence-electron chi connectivity index (χ4n) is 3.04. The van der Waals surface area contributed by atoms with Crippen LogP contribution in [0.5, 0.6) is 0 Å². The normalized spacial score (nSPS) is 25.7. The number of amides is 3. The zero-order chi connectivity index (χ0) is 18.0. The lowest BCUT2D eigenvalue weighted by molar-refractivity contribution is -0.161. The molecule has 2 saturated heterocycles. The van der Waals surface area contributed by atoms with Crippen LogP contribution in [0.4, 0.5) is 4.79 Å². The molecule has 8 nitrogen and oxygen atoms in total. The minimum atomic E-state index is -1.20. The molecule has 0 spiro atoms. The summed E-state index contributed by atoms with van der Waals surface area (Å²) in [7, 11) is 0. The van der Waals surface area contributed by atoms with Gasteiger partial charge in [-0.05, 0) is 12.0 Å². The van der Waals surface area contributed by atoms with Crippen molar-refractivity contribution < 1.29 is 28.7 Å². The number of carbonyl (C=O) groups is 4. The second-order valence-corrected chi connectivity index (χ2v) is 5.88. The molecule has 0 bridgehead atoms. The molecule has 132 valence electrons. The highest BCUT2D eigenvalue weighted by atomic mass is 16.6. The first-order valence-electron chi connectivity index (χ1n) is 8.03. The second kappa shape index (κ2) is 6.54. The van der Waals surface area contributed by atoms with E-state index in [2.05, 4.69) is 5.32 Å². The number of rotatable bonds is 5. The fourth-order valence-corrected chi connectivity index (χ4v) is 3.04. The lowest BCUT2D eigenvalue weighted by Gasteiger charge is -2.25. The van der Waals surface area contributed by atoms with Crippen molar-refractivity contribution in [3.63, 3.8) is 0 Å². The Bertz CT molecular complexity index is 719. The Morgan fingerprint density at radius 2 is 2.04 bits per heavy atom. The molecular formula is C17H18N2O6. The highest BCUT2D eigenvalue weighted by molar-refractivity contribution is 6.09. The average molecular weight is 346 g/mol. The minimum Gasteiger partial charge on any atom is -0.463 e. The van der Waals surface area contributed by atoms with Crippen molar-refractivity contribution in [2.75, 3.05) is 13.2 Å². The third-order valence-corrected chi connectivity index (χ3v) is 4.42.